The van der Waals surface area contributed by atoms with Gasteiger partial charge in [0.2, 0.25) is 5.88 Å². The van der Waals surface area contributed by atoms with Gasteiger partial charge < -0.3 is 14.3 Å². The molecule has 0 saturated heterocycles. The number of aromatic nitrogens is 1. The van der Waals surface area contributed by atoms with Gasteiger partial charge in [-0.2, -0.15) is 0 Å². The Kier molecular flexibility index (Phi) is 4.11. The molecule has 0 spiro atoms. The van der Waals surface area contributed by atoms with Crippen LogP contribution in [0.1, 0.15) is 45.9 Å². The third-order valence-corrected chi connectivity index (χ3v) is 4.41. The summed E-state index contributed by atoms with van der Waals surface area (Å²) in [6.07, 6.45) is 3.16. The summed E-state index contributed by atoms with van der Waals surface area (Å²) < 4.78 is 5.54. The summed E-state index contributed by atoms with van der Waals surface area (Å²) in [6, 6.07) is 7.94. The largest absolute Gasteiger partial charge is 0.346 e. The summed E-state index contributed by atoms with van der Waals surface area (Å²) in [5.74, 6) is 1.16. The van der Waals surface area contributed by atoms with E-state index in [0.717, 1.165) is 30.8 Å². The quantitative estimate of drug-likeness (QED) is 0.874. The van der Waals surface area contributed by atoms with Crippen molar-refractivity contribution in [3.05, 3.63) is 46.6 Å². The summed E-state index contributed by atoms with van der Waals surface area (Å²) in [7, 11) is 7.49. The van der Waals surface area contributed by atoms with Crippen molar-refractivity contribution < 1.29 is 9.32 Å². The van der Waals surface area contributed by atoms with E-state index in [1.165, 1.54) is 11.1 Å². The van der Waals surface area contributed by atoms with Crippen LogP contribution in [0.15, 0.2) is 28.8 Å². The van der Waals surface area contributed by atoms with Crippen LogP contribution in [0.2, 0.25) is 0 Å². The Labute approximate surface area is 136 Å². The molecule has 1 aromatic heterocycles. The second kappa shape index (κ2) is 6.07. The molecule has 23 heavy (non-hydrogen) atoms. The molecule has 1 aromatic carbocycles. The lowest BCUT2D eigenvalue weighted by molar-refractivity contribution is 0.0827. The van der Waals surface area contributed by atoms with E-state index in [2.05, 4.69) is 17.3 Å². The van der Waals surface area contributed by atoms with E-state index in [1.807, 2.05) is 31.1 Å². The van der Waals surface area contributed by atoms with Gasteiger partial charge in [0.25, 0.3) is 5.91 Å². The maximum atomic E-state index is 12.0. The lowest BCUT2D eigenvalue weighted by Gasteiger charge is -2.24. The molecule has 1 unspecified atom stereocenters. The number of aryl methyl sites for hydroxylation is 1. The summed E-state index contributed by atoms with van der Waals surface area (Å²) in [5.41, 5.74) is 4.20. The molecule has 3 rings (SSSR count). The molecule has 2 aromatic rings. The minimum absolute atomic E-state index is 0.0276. The lowest BCUT2D eigenvalue weighted by atomic mass is 9.81. The van der Waals surface area contributed by atoms with E-state index in [4.69, 9.17) is 4.52 Å². The highest BCUT2D eigenvalue weighted by molar-refractivity contribution is 5.93. The van der Waals surface area contributed by atoms with Crippen LogP contribution in [0, 0.1) is 0 Å². The van der Waals surface area contributed by atoms with Gasteiger partial charge in [-0.15, -0.1) is 0 Å². The third-order valence-electron chi connectivity index (χ3n) is 4.41. The van der Waals surface area contributed by atoms with Crippen molar-refractivity contribution in [1.82, 2.24) is 10.1 Å². The summed E-state index contributed by atoms with van der Waals surface area (Å²) >= 11 is 0. The zero-order chi connectivity index (χ0) is 16.6. The van der Waals surface area contributed by atoms with Crippen molar-refractivity contribution in [1.29, 1.82) is 0 Å². The lowest BCUT2D eigenvalue weighted by Crippen LogP contribution is -2.21. The minimum Gasteiger partial charge on any atom is -0.346 e. The molecule has 1 heterocycles. The SMILES string of the molecule is CN(C)C(=O)c1ccc(C2CCCc3noc(N(C)C)c32)cc1. The molecule has 0 saturated carbocycles. The molecular weight excluding hydrogens is 290 g/mol. The van der Waals surface area contributed by atoms with Gasteiger partial charge in [-0.3, -0.25) is 4.79 Å². The number of rotatable bonds is 3. The van der Waals surface area contributed by atoms with Crippen LogP contribution in [-0.2, 0) is 6.42 Å². The summed E-state index contributed by atoms with van der Waals surface area (Å²) in [5, 5.41) is 4.25. The van der Waals surface area contributed by atoms with E-state index in [0.29, 0.717) is 5.56 Å². The Bertz CT molecular complexity index is 702. The van der Waals surface area contributed by atoms with Gasteiger partial charge in [0.1, 0.15) is 0 Å². The van der Waals surface area contributed by atoms with Gasteiger partial charge in [-0.25, -0.2) is 0 Å². The topological polar surface area (TPSA) is 49.6 Å². The Morgan fingerprint density at radius 2 is 1.87 bits per heavy atom. The van der Waals surface area contributed by atoms with Crippen LogP contribution in [0.3, 0.4) is 0 Å². The van der Waals surface area contributed by atoms with Crippen molar-refractivity contribution in [3.8, 4) is 0 Å². The Morgan fingerprint density at radius 3 is 2.48 bits per heavy atom. The molecule has 122 valence electrons. The highest BCUT2D eigenvalue weighted by Gasteiger charge is 2.30. The second-order valence-electron chi connectivity index (χ2n) is 6.51. The summed E-state index contributed by atoms with van der Waals surface area (Å²) in [4.78, 5) is 15.6. The van der Waals surface area contributed by atoms with E-state index in [1.54, 1.807) is 19.0 Å². The summed E-state index contributed by atoms with van der Waals surface area (Å²) in [6.45, 7) is 0. The number of hydrogen-bond acceptors (Lipinski definition) is 4. The number of amides is 1. The van der Waals surface area contributed by atoms with Gasteiger partial charge in [0, 0.05) is 45.2 Å². The molecule has 0 aliphatic heterocycles. The van der Waals surface area contributed by atoms with Crippen molar-refractivity contribution in [3.63, 3.8) is 0 Å². The first-order valence-corrected chi connectivity index (χ1v) is 7.96. The van der Waals surface area contributed by atoms with Crippen molar-refractivity contribution in [2.75, 3.05) is 33.1 Å². The van der Waals surface area contributed by atoms with Gasteiger partial charge >= 0.3 is 0 Å². The van der Waals surface area contributed by atoms with Crippen LogP contribution in [0.25, 0.3) is 0 Å². The van der Waals surface area contributed by atoms with Crippen LogP contribution < -0.4 is 4.90 Å². The maximum Gasteiger partial charge on any atom is 0.253 e. The predicted molar refractivity (Wildman–Crippen MR) is 90.1 cm³/mol. The van der Waals surface area contributed by atoms with Crippen LogP contribution in [0.4, 0.5) is 5.88 Å². The number of hydrogen-bond donors (Lipinski definition) is 0. The zero-order valence-corrected chi connectivity index (χ0v) is 14.2. The van der Waals surface area contributed by atoms with E-state index >= 15 is 0 Å². The number of fused-ring (bicyclic) bond motifs is 1. The fourth-order valence-electron chi connectivity index (χ4n) is 3.24. The third kappa shape index (κ3) is 2.83. The fraction of sp³-hybridized carbons (Fsp3) is 0.444. The Balaban J connectivity index is 1.95. The number of benzene rings is 1. The minimum atomic E-state index is 0.0276. The zero-order valence-electron chi connectivity index (χ0n) is 14.2. The maximum absolute atomic E-state index is 12.0. The molecule has 0 radical (unpaired) electrons. The molecule has 1 atom stereocenters. The monoisotopic (exact) mass is 313 g/mol. The van der Waals surface area contributed by atoms with E-state index in [-0.39, 0.29) is 11.8 Å². The Hall–Kier alpha value is -2.30. The molecular formula is C18H23N3O2. The molecule has 1 amide bonds. The van der Waals surface area contributed by atoms with E-state index in [9.17, 15) is 4.79 Å². The van der Waals surface area contributed by atoms with Crippen molar-refractivity contribution >= 4 is 11.8 Å². The average molecular weight is 313 g/mol. The van der Waals surface area contributed by atoms with Gasteiger partial charge in [-0.1, -0.05) is 17.3 Å². The van der Waals surface area contributed by atoms with E-state index < -0.39 is 0 Å². The van der Waals surface area contributed by atoms with Gasteiger partial charge in [-0.05, 0) is 37.0 Å². The van der Waals surface area contributed by atoms with Crippen molar-refractivity contribution in [2.24, 2.45) is 0 Å². The first-order chi connectivity index (χ1) is 11.0. The number of carbonyl (C=O) groups excluding carboxylic acids is 1. The smallest absolute Gasteiger partial charge is 0.253 e. The first kappa shape index (κ1) is 15.6. The molecule has 5 nitrogen and oxygen atoms in total. The molecule has 0 fully saturated rings. The van der Waals surface area contributed by atoms with Crippen LogP contribution in [-0.4, -0.2) is 44.2 Å². The number of nitrogens with zero attached hydrogens (tertiary/aromatic N) is 3. The van der Waals surface area contributed by atoms with Gasteiger partial charge in [0.05, 0.1) is 5.69 Å². The molecule has 1 aliphatic carbocycles. The van der Waals surface area contributed by atoms with Crippen LogP contribution in [0.5, 0.6) is 0 Å². The standard InChI is InChI=1S/C18H23N3O2/c1-20(2)17(22)13-10-8-12(9-11-13)14-6-5-7-15-16(14)18(21(3)4)23-19-15/h8-11,14H,5-7H2,1-4H3. The molecule has 0 bridgehead atoms. The average Bonchev–Trinajstić information content (AvgIpc) is 2.98. The van der Waals surface area contributed by atoms with Crippen LogP contribution >= 0.6 is 0 Å². The van der Waals surface area contributed by atoms with Gasteiger partial charge in [0.15, 0.2) is 0 Å². The molecule has 1 aliphatic rings. The Morgan fingerprint density at radius 1 is 1.17 bits per heavy atom. The molecule has 0 N–H and O–H groups in total. The predicted octanol–water partition coefficient (Wildman–Crippen LogP) is 2.91. The number of anilines is 1. The highest BCUT2D eigenvalue weighted by atomic mass is 16.5. The molecule has 5 heteroatoms. The fourth-order valence-corrected chi connectivity index (χ4v) is 3.24. The first-order valence-electron chi connectivity index (χ1n) is 7.96. The van der Waals surface area contributed by atoms with Crippen molar-refractivity contribution in [2.45, 2.75) is 25.2 Å². The normalized spacial score (nSPS) is 16.8. The number of carbonyl (C=O) groups is 1. The highest BCUT2D eigenvalue weighted by Crippen LogP contribution is 2.41. The second-order valence-corrected chi connectivity index (χ2v) is 6.51.